The first kappa shape index (κ1) is 16.6. The van der Waals surface area contributed by atoms with Crippen molar-refractivity contribution in [3.8, 4) is 0 Å². The zero-order chi connectivity index (χ0) is 15.5. The van der Waals surface area contributed by atoms with Gasteiger partial charge in [0.15, 0.2) is 0 Å². The van der Waals surface area contributed by atoms with Gasteiger partial charge in [0.25, 0.3) is 10.0 Å². The molecule has 21 heavy (non-hydrogen) atoms. The Balaban J connectivity index is 2.31. The molecule has 0 unspecified atom stereocenters. The van der Waals surface area contributed by atoms with Gasteiger partial charge in [-0.15, -0.1) is 11.3 Å². The van der Waals surface area contributed by atoms with Crippen LogP contribution < -0.4 is 10.0 Å². The molecule has 0 bridgehead atoms. The molecule has 1 aromatic carbocycles. The number of hydrogen-bond donors (Lipinski definition) is 2. The maximum absolute atomic E-state index is 12.4. The normalized spacial score (nSPS) is 11.6. The van der Waals surface area contributed by atoms with Crippen LogP contribution in [0.5, 0.6) is 0 Å². The Kier molecular flexibility index (Phi) is 5.51. The molecule has 2 rings (SSSR count). The Labute approximate surface area is 138 Å². The largest absolute Gasteiger partial charge is 0.313 e. The third kappa shape index (κ3) is 4.11. The molecule has 0 spiro atoms. The summed E-state index contributed by atoms with van der Waals surface area (Å²) in [6, 6.07) is 8.56. The first-order valence-corrected chi connectivity index (χ1v) is 9.26. The van der Waals surface area contributed by atoms with Crippen LogP contribution in [-0.2, 0) is 16.6 Å². The Bertz CT molecular complexity index is 730. The lowest BCUT2D eigenvalue weighted by Gasteiger charge is -2.12. The highest BCUT2D eigenvalue weighted by Gasteiger charge is 2.21. The summed E-state index contributed by atoms with van der Waals surface area (Å²) in [7, 11) is -3.75. The summed E-state index contributed by atoms with van der Waals surface area (Å²) in [5.41, 5.74) is 1.39. The smallest absolute Gasteiger partial charge is 0.264 e. The van der Waals surface area contributed by atoms with E-state index in [9.17, 15) is 8.42 Å². The van der Waals surface area contributed by atoms with Crippen LogP contribution in [0.4, 0.5) is 5.69 Å². The number of halogens is 2. The fourth-order valence-corrected chi connectivity index (χ4v) is 4.99. The molecule has 0 atom stereocenters. The van der Waals surface area contributed by atoms with Crippen molar-refractivity contribution < 1.29 is 8.42 Å². The van der Waals surface area contributed by atoms with Crippen molar-refractivity contribution in [2.24, 2.45) is 0 Å². The van der Waals surface area contributed by atoms with Gasteiger partial charge in [0, 0.05) is 6.54 Å². The van der Waals surface area contributed by atoms with E-state index in [4.69, 9.17) is 23.2 Å². The molecular formula is C13H14Cl2N2O2S2. The molecule has 0 fully saturated rings. The number of sulfonamides is 1. The van der Waals surface area contributed by atoms with E-state index in [1.807, 2.05) is 19.1 Å². The highest BCUT2D eigenvalue weighted by molar-refractivity contribution is 7.93. The molecule has 0 saturated carbocycles. The minimum Gasteiger partial charge on any atom is -0.313 e. The lowest BCUT2D eigenvalue weighted by molar-refractivity contribution is 0.601. The van der Waals surface area contributed by atoms with Crippen LogP contribution in [0.25, 0.3) is 0 Å². The lowest BCUT2D eigenvalue weighted by atomic mass is 10.2. The molecule has 0 amide bonds. The summed E-state index contributed by atoms with van der Waals surface area (Å²) < 4.78 is 27.8. The second-order valence-corrected chi connectivity index (χ2v) is 8.17. The summed E-state index contributed by atoms with van der Waals surface area (Å²) in [5, 5.41) is 3.17. The average molecular weight is 365 g/mol. The Hall–Kier alpha value is -0.790. The molecule has 0 saturated heterocycles. The van der Waals surface area contributed by atoms with E-state index in [-0.39, 0.29) is 9.23 Å². The minimum absolute atomic E-state index is 0.00239. The summed E-state index contributed by atoms with van der Waals surface area (Å²) in [6.07, 6.45) is 0. The second-order valence-electron chi connectivity index (χ2n) is 4.23. The van der Waals surface area contributed by atoms with Crippen LogP contribution >= 0.6 is 34.5 Å². The molecule has 0 aliphatic rings. The summed E-state index contributed by atoms with van der Waals surface area (Å²) in [4.78, 5) is -0.00239. The number of anilines is 1. The third-order valence-electron chi connectivity index (χ3n) is 2.74. The van der Waals surface area contributed by atoms with Gasteiger partial charge in [-0.3, -0.25) is 4.72 Å². The predicted octanol–water partition coefficient (Wildman–Crippen LogP) is 3.97. The van der Waals surface area contributed by atoms with Crippen LogP contribution in [0.2, 0.25) is 8.67 Å². The Morgan fingerprint density at radius 2 is 1.95 bits per heavy atom. The van der Waals surface area contributed by atoms with Crippen LogP contribution in [0, 0.1) is 0 Å². The molecule has 114 valence electrons. The van der Waals surface area contributed by atoms with E-state index in [2.05, 4.69) is 10.0 Å². The summed E-state index contributed by atoms with van der Waals surface area (Å²) in [5.74, 6) is 0. The van der Waals surface area contributed by atoms with Crippen molar-refractivity contribution in [1.29, 1.82) is 0 Å². The molecule has 8 heteroatoms. The van der Waals surface area contributed by atoms with E-state index >= 15 is 0 Å². The van der Waals surface area contributed by atoms with Gasteiger partial charge in [0.05, 0.1) is 10.0 Å². The predicted molar refractivity (Wildman–Crippen MR) is 89.0 cm³/mol. The van der Waals surface area contributed by atoms with Gasteiger partial charge >= 0.3 is 0 Å². The molecule has 0 aliphatic heterocycles. The van der Waals surface area contributed by atoms with Crippen molar-refractivity contribution in [3.05, 3.63) is 44.6 Å². The number of nitrogens with one attached hydrogen (secondary N) is 2. The molecule has 0 aliphatic carbocycles. The van der Waals surface area contributed by atoms with Crippen molar-refractivity contribution in [2.75, 3.05) is 11.3 Å². The topological polar surface area (TPSA) is 58.2 Å². The van der Waals surface area contributed by atoms with Crippen molar-refractivity contribution in [3.63, 3.8) is 0 Å². The van der Waals surface area contributed by atoms with Gasteiger partial charge in [-0.05, 0) is 24.2 Å². The molecule has 2 N–H and O–H groups in total. The lowest BCUT2D eigenvalue weighted by Crippen LogP contribution is -2.17. The zero-order valence-electron chi connectivity index (χ0n) is 11.2. The fraction of sp³-hybridized carbons (Fsp3) is 0.231. The number of hydrogen-bond acceptors (Lipinski definition) is 4. The van der Waals surface area contributed by atoms with Gasteiger partial charge < -0.3 is 5.32 Å². The van der Waals surface area contributed by atoms with Crippen molar-refractivity contribution in [1.82, 2.24) is 5.32 Å². The number of thiophene rings is 1. The van der Waals surface area contributed by atoms with Crippen molar-refractivity contribution >= 4 is 50.2 Å². The molecule has 1 aromatic heterocycles. The molecule has 0 radical (unpaired) electrons. The zero-order valence-corrected chi connectivity index (χ0v) is 14.3. The second kappa shape index (κ2) is 6.98. The summed E-state index contributed by atoms with van der Waals surface area (Å²) in [6.45, 7) is 3.36. The number of benzene rings is 1. The monoisotopic (exact) mass is 364 g/mol. The van der Waals surface area contributed by atoms with Gasteiger partial charge in [0.2, 0.25) is 0 Å². The minimum atomic E-state index is -3.75. The maximum Gasteiger partial charge on any atom is 0.264 e. The van der Waals surface area contributed by atoms with Gasteiger partial charge in [-0.1, -0.05) is 48.3 Å². The Morgan fingerprint density at radius 3 is 2.57 bits per heavy atom. The quantitative estimate of drug-likeness (QED) is 0.815. The van der Waals surface area contributed by atoms with Crippen LogP contribution in [0.15, 0.2) is 35.2 Å². The highest BCUT2D eigenvalue weighted by Crippen LogP contribution is 2.35. The molecule has 1 heterocycles. The Morgan fingerprint density at radius 1 is 1.24 bits per heavy atom. The standard InChI is InChI=1S/C13H14Cl2N2O2S2/c1-2-16-8-9-5-3-4-6-10(9)17-21(18,19)11-7-12(14)20-13(11)15/h3-7,16-17H,2,8H2,1H3. The van der Waals surface area contributed by atoms with E-state index in [1.165, 1.54) is 6.07 Å². The van der Waals surface area contributed by atoms with Gasteiger partial charge in [-0.2, -0.15) is 0 Å². The SMILES string of the molecule is CCNCc1ccccc1NS(=O)(=O)c1cc(Cl)sc1Cl. The summed E-state index contributed by atoms with van der Waals surface area (Å²) >= 11 is 12.8. The van der Waals surface area contributed by atoms with E-state index < -0.39 is 10.0 Å². The third-order valence-corrected chi connectivity index (χ3v) is 5.86. The first-order valence-electron chi connectivity index (χ1n) is 6.20. The van der Waals surface area contributed by atoms with Gasteiger partial charge in [-0.25, -0.2) is 8.42 Å². The average Bonchev–Trinajstić information content (AvgIpc) is 2.77. The highest BCUT2D eigenvalue weighted by atomic mass is 35.5. The molecular weight excluding hydrogens is 351 g/mol. The van der Waals surface area contributed by atoms with E-state index in [1.54, 1.807) is 12.1 Å². The first-order chi connectivity index (χ1) is 9.94. The maximum atomic E-state index is 12.4. The number of rotatable bonds is 6. The molecule has 2 aromatic rings. The van der Waals surface area contributed by atoms with Crippen LogP contribution in [0.3, 0.4) is 0 Å². The van der Waals surface area contributed by atoms with Crippen LogP contribution in [-0.4, -0.2) is 15.0 Å². The number of para-hydroxylation sites is 1. The van der Waals surface area contributed by atoms with Crippen LogP contribution in [0.1, 0.15) is 12.5 Å². The van der Waals surface area contributed by atoms with Gasteiger partial charge in [0.1, 0.15) is 9.23 Å². The van der Waals surface area contributed by atoms with E-state index in [0.29, 0.717) is 16.6 Å². The molecule has 4 nitrogen and oxygen atoms in total. The van der Waals surface area contributed by atoms with Crippen molar-refractivity contribution in [2.45, 2.75) is 18.4 Å². The van der Waals surface area contributed by atoms with E-state index in [0.717, 1.165) is 23.4 Å². The fourth-order valence-electron chi connectivity index (χ4n) is 1.74.